The summed E-state index contributed by atoms with van der Waals surface area (Å²) in [7, 11) is 2.37. The number of carbonyl (C=O) groups excluding carboxylic acids is 1. The number of rotatable bonds is 13. The van der Waals surface area contributed by atoms with Crippen molar-refractivity contribution in [3.05, 3.63) is 12.2 Å². The third-order valence-electron chi connectivity index (χ3n) is 4.97. The summed E-state index contributed by atoms with van der Waals surface area (Å²) < 4.78 is 11.7. The molecule has 25 heavy (non-hydrogen) atoms. The molecule has 0 aliphatic carbocycles. The Morgan fingerprint density at radius 1 is 0.960 bits per heavy atom. The fourth-order valence-electron chi connectivity index (χ4n) is 3.13. The zero-order valence-corrected chi connectivity index (χ0v) is 17.1. The maximum Gasteiger partial charge on any atom is 0.333 e. The van der Waals surface area contributed by atoms with Gasteiger partial charge in [0, 0.05) is 5.57 Å². The summed E-state index contributed by atoms with van der Waals surface area (Å²) in [5, 5.41) is 0. The second-order valence-corrected chi connectivity index (χ2v) is 7.50. The van der Waals surface area contributed by atoms with E-state index in [-0.39, 0.29) is 18.4 Å². The maximum absolute atomic E-state index is 11.2. The van der Waals surface area contributed by atoms with Gasteiger partial charge in [-0.05, 0) is 26.2 Å². The fourth-order valence-corrected chi connectivity index (χ4v) is 3.13. The summed E-state index contributed by atoms with van der Waals surface area (Å²) in [6, 6.07) is 0. The quantitative estimate of drug-likeness (QED) is 0.209. The van der Waals surface area contributed by atoms with E-state index in [4.69, 9.17) is 9.47 Å². The molecule has 4 nitrogen and oxygen atoms in total. The molecule has 0 aromatic rings. The summed E-state index contributed by atoms with van der Waals surface area (Å²) in [6.07, 6.45) is 11.5. The Labute approximate surface area is 160 Å². The molecule has 1 aliphatic heterocycles. The molecule has 1 fully saturated rings. The molecule has 0 aromatic carbocycles. The van der Waals surface area contributed by atoms with E-state index in [1.54, 1.807) is 6.92 Å². The molecular formula is C20H38ClNO3. The van der Waals surface area contributed by atoms with E-state index >= 15 is 0 Å². The summed E-state index contributed by atoms with van der Waals surface area (Å²) in [6.45, 7) is 11.3. The van der Waals surface area contributed by atoms with Crippen molar-refractivity contribution in [2.45, 2.75) is 64.7 Å². The van der Waals surface area contributed by atoms with Crippen LogP contribution in [-0.4, -0.2) is 57.0 Å². The Balaban J connectivity index is 0.00000576. The lowest BCUT2D eigenvalue weighted by atomic mass is 10.1. The molecule has 0 bridgehead atoms. The van der Waals surface area contributed by atoms with Gasteiger partial charge in [-0.2, -0.15) is 0 Å². The van der Waals surface area contributed by atoms with Gasteiger partial charge in [-0.15, -0.1) is 0 Å². The number of hydrogen-bond acceptors (Lipinski definition) is 3. The van der Waals surface area contributed by atoms with E-state index in [9.17, 15) is 4.79 Å². The molecule has 0 amide bonds. The monoisotopic (exact) mass is 375 g/mol. The number of quaternary nitrogens is 1. The smallest absolute Gasteiger partial charge is 0.333 e. The summed E-state index contributed by atoms with van der Waals surface area (Å²) in [4.78, 5) is 11.2. The first-order valence-corrected chi connectivity index (χ1v) is 9.77. The highest BCUT2D eigenvalue weighted by molar-refractivity contribution is 5.86. The van der Waals surface area contributed by atoms with Gasteiger partial charge < -0.3 is 26.4 Å². The van der Waals surface area contributed by atoms with Crippen LogP contribution in [0.5, 0.6) is 0 Å². The minimum absolute atomic E-state index is 0. The first kappa shape index (κ1) is 24.4. The topological polar surface area (TPSA) is 35.5 Å². The number of esters is 1. The maximum atomic E-state index is 11.2. The van der Waals surface area contributed by atoms with Gasteiger partial charge in [-0.3, -0.25) is 0 Å². The van der Waals surface area contributed by atoms with Crippen LogP contribution in [0.15, 0.2) is 12.2 Å². The minimum atomic E-state index is -0.261. The number of hydrogen-bond donors (Lipinski definition) is 0. The number of nitrogens with zero attached hydrogens (tertiary/aromatic N) is 1. The molecule has 1 rings (SSSR count). The predicted molar refractivity (Wildman–Crippen MR) is 98.9 cm³/mol. The highest BCUT2D eigenvalue weighted by atomic mass is 35.5. The molecule has 0 saturated carbocycles. The third kappa shape index (κ3) is 12.4. The van der Waals surface area contributed by atoms with E-state index in [1.165, 1.54) is 69.1 Å². The van der Waals surface area contributed by atoms with Crippen LogP contribution in [-0.2, 0) is 14.3 Å². The van der Waals surface area contributed by atoms with Gasteiger partial charge in [-0.25, -0.2) is 4.79 Å². The Hall–Kier alpha value is -0.580. The van der Waals surface area contributed by atoms with Gasteiger partial charge in [0.05, 0.1) is 33.4 Å². The Morgan fingerprint density at radius 3 is 1.96 bits per heavy atom. The Bertz CT molecular complexity index is 368. The molecule has 0 spiro atoms. The minimum Gasteiger partial charge on any atom is -1.00 e. The van der Waals surface area contributed by atoms with Crippen LogP contribution >= 0.6 is 0 Å². The molecule has 1 heterocycles. The van der Waals surface area contributed by atoms with E-state index in [1.807, 2.05) is 0 Å². The van der Waals surface area contributed by atoms with Crippen LogP contribution in [0.1, 0.15) is 64.7 Å². The lowest BCUT2D eigenvalue weighted by Crippen LogP contribution is -3.00. The van der Waals surface area contributed by atoms with Crippen LogP contribution in [0.2, 0.25) is 0 Å². The van der Waals surface area contributed by atoms with Crippen LogP contribution < -0.4 is 12.4 Å². The second kappa shape index (κ2) is 14.6. The molecule has 0 atom stereocenters. The molecule has 0 radical (unpaired) electrons. The van der Waals surface area contributed by atoms with Crippen LogP contribution in [0, 0.1) is 0 Å². The van der Waals surface area contributed by atoms with E-state index in [0.717, 1.165) is 26.1 Å². The van der Waals surface area contributed by atoms with Crippen LogP contribution in [0.25, 0.3) is 0 Å². The van der Waals surface area contributed by atoms with E-state index in [0.29, 0.717) is 12.2 Å². The first-order valence-electron chi connectivity index (χ1n) is 9.77. The van der Waals surface area contributed by atoms with Crippen molar-refractivity contribution >= 4 is 5.97 Å². The number of unbranched alkanes of at least 4 members (excludes halogenated alkanes) is 8. The third-order valence-corrected chi connectivity index (χ3v) is 4.97. The van der Waals surface area contributed by atoms with Gasteiger partial charge >= 0.3 is 5.97 Å². The number of carbonyl (C=O) groups is 1. The van der Waals surface area contributed by atoms with Gasteiger partial charge in [0.2, 0.25) is 0 Å². The highest BCUT2D eigenvalue weighted by Crippen LogP contribution is 2.13. The fraction of sp³-hybridized carbons (Fsp3) is 0.850. The van der Waals surface area contributed by atoms with E-state index in [2.05, 4.69) is 13.6 Å². The van der Waals surface area contributed by atoms with Crippen molar-refractivity contribution < 1.29 is 31.2 Å². The second-order valence-electron chi connectivity index (χ2n) is 7.50. The normalized spacial score (nSPS) is 16.1. The van der Waals surface area contributed by atoms with Crippen molar-refractivity contribution in [3.63, 3.8) is 0 Å². The van der Waals surface area contributed by atoms with Gasteiger partial charge in [0.15, 0.2) is 0 Å². The Morgan fingerprint density at radius 2 is 1.44 bits per heavy atom. The molecule has 0 unspecified atom stereocenters. The number of morpholine rings is 1. The number of likely N-dealkylation sites (N-methyl/N-ethyl adjacent to an activating group) is 1. The van der Waals surface area contributed by atoms with Crippen molar-refractivity contribution in [2.24, 2.45) is 0 Å². The Kier molecular flexibility index (Phi) is 14.2. The standard InChI is InChI=1S/C20H38NO3.ClH/c1-19(2)20(22)24-16-12-10-8-6-4-5-7-9-11-13-21(3)14-17-23-18-15-21;/h1,4-18H2,2-3H3;1H/q+1;/p-1. The average Bonchev–Trinajstić information content (AvgIpc) is 2.56. The largest absolute Gasteiger partial charge is 1.00 e. The van der Waals surface area contributed by atoms with E-state index < -0.39 is 0 Å². The molecule has 1 saturated heterocycles. The van der Waals surface area contributed by atoms with Crippen molar-refractivity contribution in [2.75, 3.05) is 46.5 Å². The molecule has 0 N–H and O–H groups in total. The molecule has 148 valence electrons. The zero-order chi connectivity index (χ0) is 17.7. The van der Waals surface area contributed by atoms with Gasteiger partial charge in [0.1, 0.15) is 13.1 Å². The van der Waals surface area contributed by atoms with Crippen LogP contribution in [0.4, 0.5) is 0 Å². The first-order chi connectivity index (χ1) is 11.5. The lowest BCUT2D eigenvalue weighted by molar-refractivity contribution is -0.917. The molecular weight excluding hydrogens is 338 g/mol. The average molecular weight is 376 g/mol. The summed E-state index contributed by atoms with van der Waals surface area (Å²) in [5.74, 6) is -0.261. The van der Waals surface area contributed by atoms with Crippen molar-refractivity contribution in [1.82, 2.24) is 0 Å². The van der Waals surface area contributed by atoms with Gasteiger partial charge in [0.25, 0.3) is 0 Å². The van der Waals surface area contributed by atoms with Crippen molar-refractivity contribution in [1.29, 1.82) is 0 Å². The lowest BCUT2D eigenvalue weighted by Gasteiger charge is -2.37. The number of ether oxygens (including phenoxy) is 2. The summed E-state index contributed by atoms with van der Waals surface area (Å²) >= 11 is 0. The molecule has 5 heteroatoms. The predicted octanol–water partition coefficient (Wildman–Crippen LogP) is 1.10. The van der Waals surface area contributed by atoms with Gasteiger partial charge in [-0.1, -0.05) is 45.1 Å². The van der Waals surface area contributed by atoms with Crippen LogP contribution in [0.3, 0.4) is 0 Å². The van der Waals surface area contributed by atoms with Crippen molar-refractivity contribution in [3.8, 4) is 0 Å². The number of halogens is 1. The molecule has 0 aromatic heterocycles. The SMILES string of the molecule is C=C(C)C(=O)OCCCCCCCCCCC[N+]1(C)CCOCC1.[Cl-]. The zero-order valence-electron chi connectivity index (χ0n) is 16.4. The highest BCUT2D eigenvalue weighted by Gasteiger charge is 2.24. The molecule has 1 aliphatic rings. The summed E-state index contributed by atoms with van der Waals surface area (Å²) in [5.41, 5.74) is 0.486.